The van der Waals surface area contributed by atoms with Gasteiger partial charge in [0, 0.05) is 16.7 Å². The zero-order valence-electron chi connectivity index (χ0n) is 14.3. The smallest absolute Gasteiger partial charge is 0.172 e. The first-order valence-electron chi connectivity index (χ1n) is 8.43. The van der Waals surface area contributed by atoms with Crippen molar-refractivity contribution in [3.63, 3.8) is 0 Å². The molecule has 4 rings (SSSR count). The standard InChI is InChI=1S/C20H16BrClN4O/c21-16-13-24-26-19(23-10-11-27-14-6-2-1-3-7-14)12-18(25-20(16)26)15-8-4-5-9-17(15)22/h1-9,12-13,23H,10-11H2. The van der Waals surface area contributed by atoms with Gasteiger partial charge >= 0.3 is 0 Å². The molecule has 2 aromatic carbocycles. The zero-order chi connectivity index (χ0) is 18.6. The molecular weight excluding hydrogens is 428 g/mol. The molecule has 0 saturated carbocycles. The third kappa shape index (κ3) is 3.91. The summed E-state index contributed by atoms with van der Waals surface area (Å²) in [5.74, 6) is 1.66. The van der Waals surface area contributed by atoms with Gasteiger partial charge in [0.1, 0.15) is 18.2 Å². The Labute approximate surface area is 170 Å². The van der Waals surface area contributed by atoms with Crippen molar-refractivity contribution in [1.82, 2.24) is 14.6 Å². The maximum atomic E-state index is 6.36. The quantitative estimate of drug-likeness (QED) is 0.411. The number of nitrogens with zero attached hydrogens (tertiary/aromatic N) is 3. The first-order chi connectivity index (χ1) is 13.2. The van der Waals surface area contributed by atoms with Gasteiger partial charge in [0.15, 0.2) is 5.65 Å². The van der Waals surface area contributed by atoms with Crippen molar-refractivity contribution in [2.24, 2.45) is 0 Å². The molecule has 0 amide bonds. The third-order valence-electron chi connectivity index (χ3n) is 4.00. The molecule has 0 aliphatic heterocycles. The van der Waals surface area contributed by atoms with Crippen molar-refractivity contribution < 1.29 is 4.74 Å². The van der Waals surface area contributed by atoms with Crippen LogP contribution in [0.2, 0.25) is 5.02 Å². The minimum Gasteiger partial charge on any atom is -0.492 e. The maximum Gasteiger partial charge on any atom is 0.172 e. The molecule has 0 atom stereocenters. The third-order valence-corrected chi connectivity index (χ3v) is 4.89. The molecule has 5 nitrogen and oxygen atoms in total. The summed E-state index contributed by atoms with van der Waals surface area (Å²) in [7, 11) is 0. The Morgan fingerprint density at radius 2 is 1.85 bits per heavy atom. The Kier molecular flexibility index (Phi) is 5.27. The minimum atomic E-state index is 0.525. The molecule has 0 aliphatic carbocycles. The number of halogens is 2. The SMILES string of the molecule is Clc1ccccc1-c1cc(NCCOc2ccccc2)n2ncc(Br)c2n1. The van der Waals surface area contributed by atoms with Crippen LogP contribution in [0, 0.1) is 0 Å². The van der Waals surface area contributed by atoms with Crippen LogP contribution >= 0.6 is 27.5 Å². The summed E-state index contributed by atoms with van der Waals surface area (Å²) in [6.07, 6.45) is 1.73. The number of nitrogens with one attached hydrogen (secondary N) is 1. The van der Waals surface area contributed by atoms with E-state index in [2.05, 4.69) is 26.3 Å². The highest BCUT2D eigenvalue weighted by Gasteiger charge is 2.13. The van der Waals surface area contributed by atoms with Gasteiger partial charge in [-0.05, 0) is 34.1 Å². The van der Waals surface area contributed by atoms with Crippen LogP contribution in [0.5, 0.6) is 5.75 Å². The first kappa shape index (κ1) is 17.8. The lowest BCUT2D eigenvalue weighted by Crippen LogP contribution is -2.14. The van der Waals surface area contributed by atoms with Gasteiger partial charge in [-0.15, -0.1) is 0 Å². The highest BCUT2D eigenvalue weighted by atomic mass is 79.9. The average Bonchev–Trinajstić information content (AvgIpc) is 3.07. The summed E-state index contributed by atoms with van der Waals surface area (Å²) in [4.78, 5) is 4.70. The molecule has 27 heavy (non-hydrogen) atoms. The lowest BCUT2D eigenvalue weighted by Gasteiger charge is -2.12. The van der Waals surface area contributed by atoms with E-state index in [4.69, 9.17) is 21.3 Å². The molecule has 0 bridgehead atoms. The van der Waals surface area contributed by atoms with Gasteiger partial charge in [0.25, 0.3) is 0 Å². The van der Waals surface area contributed by atoms with E-state index in [1.807, 2.05) is 60.7 Å². The second-order valence-electron chi connectivity index (χ2n) is 5.82. The molecule has 1 N–H and O–H groups in total. The van der Waals surface area contributed by atoms with E-state index in [1.165, 1.54) is 0 Å². The number of hydrogen-bond donors (Lipinski definition) is 1. The Bertz CT molecular complexity index is 1070. The van der Waals surface area contributed by atoms with Gasteiger partial charge in [0.05, 0.1) is 22.9 Å². The topological polar surface area (TPSA) is 51.5 Å². The molecule has 0 saturated heterocycles. The monoisotopic (exact) mass is 442 g/mol. The summed E-state index contributed by atoms with van der Waals surface area (Å²) in [6.45, 7) is 1.14. The van der Waals surface area contributed by atoms with Crippen molar-refractivity contribution in [3.8, 4) is 17.0 Å². The second-order valence-corrected chi connectivity index (χ2v) is 7.08. The molecule has 7 heteroatoms. The lowest BCUT2D eigenvalue weighted by atomic mass is 10.1. The lowest BCUT2D eigenvalue weighted by molar-refractivity contribution is 0.332. The van der Waals surface area contributed by atoms with E-state index >= 15 is 0 Å². The predicted molar refractivity (Wildman–Crippen MR) is 112 cm³/mol. The van der Waals surface area contributed by atoms with E-state index in [9.17, 15) is 0 Å². The number of anilines is 1. The van der Waals surface area contributed by atoms with Crippen molar-refractivity contribution in [2.45, 2.75) is 0 Å². The first-order valence-corrected chi connectivity index (χ1v) is 9.60. The van der Waals surface area contributed by atoms with E-state index in [0.29, 0.717) is 18.2 Å². The summed E-state index contributed by atoms with van der Waals surface area (Å²) < 4.78 is 8.32. The van der Waals surface area contributed by atoms with Crippen LogP contribution in [0.25, 0.3) is 16.9 Å². The average molecular weight is 444 g/mol. The largest absolute Gasteiger partial charge is 0.492 e. The van der Waals surface area contributed by atoms with Gasteiger partial charge in [-0.1, -0.05) is 48.0 Å². The highest BCUT2D eigenvalue weighted by molar-refractivity contribution is 9.10. The van der Waals surface area contributed by atoms with E-state index < -0.39 is 0 Å². The van der Waals surface area contributed by atoms with E-state index in [1.54, 1.807) is 10.7 Å². The summed E-state index contributed by atoms with van der Waals surface area (Å²) in [5.41, 5.74) is 2.37. The van der Waals surface area contributed by atoms with Crippen molar-refractivity contribution in [2.75, 3.05) is 18.5 Å². The molecule has 0 unspecified atom stereocenters. The van der Waals surface area contributed by atoms with Crippen LogP contribution in [0.1, 0.15) is 0 Å². The fourth-order valence-electron chi connectivity index (χ4n) is 2.73. The number of rotatable bonds is 6. The number of ether oxygens (including phenoxy) is 1. The van der Waals surface area contributed by atoms with Crippen LogP contribution in [0.3, 0.4) is 0 Å². The van der Waals surface area contributed by atoms with E-state index in [0.717, 1.165) is 32.9 Å². The van der Waals surface area contributed by atoms with Crippen LogP contribution < -0.4 is 10.1 Å². The van der Waals surface area contributed by atoms with Crippen LogP contribution in [0.15, 0.2) is 71.3 Å². The van der Waals surface area contributed by atoms with Crippen molar-refractivity contribution in [1.29, 1.82) is 0 Å². The summed E-state index contributed by atoms with van der Waals surface area (Å²) >= 11 is 9.86. The molecule has 0 radical (unpaired) electrons. The number of fused-ring (bicyclic) bond motifs is 1. The van der Waals surface area contributed by atoms with Crippen molar-refractivity contribution >= 4 is 39.0 Å². The second kappa shape index (κ2) is 7.98. The van der Waals surface area contributed by atoms with Gasteiger partial charge in [-0.25, -0.2) is 4.98 Å². The van der Waals surface area contributed by atoms with Gasteiger partial charge in [-0.3, -0.25) is 0 Å². The molecule has 0 spiro atoms. The number of benzene rings is 2. The maximum absolute atomic E-state index is 6.36. The molecule has 136 valence electrons. The number of hydrogen-bond acceptors (Lipinski definition) is 4. The van der Waals surface area contributed by atoms with Gasteiger partial charge < -0.3 is 10.1 Å². The van der Waals surface area contributed by atoms with Crippen LogP contribution in [0.4, 0.5) is 5.82 Å². The van der Waals surface area contributed by atoms with Crippen LogP contribution in [-0.2, 0) is 0 Å². The predicted octanol–water partition coefficient (Wildman–Crippen LogP) is 5.30. The molecular formula is C20H16BrClN4O. The highest BCUT2D eigenvalue weighted by Crippen LogP contribution is 2.30. The zero-order valence-corrected chi connectivity index (χ0v) is 16.6. The molecule has 4 aromatic rings. The Hall–Kier alpha value is -2.57. The molecule has 0 aliphatic rings. The van der Waals surface area contributed by atoms with Gasteiger partial charge in [-0.2, -0.15) is 9.61 Å². The summed E-state index contributed by atoms with van der Waals surface area (Å²) in [5, 5.41) is 8.41. The fraction of sp³-hybridized carbons (Fsp3) is 0.100. The number of para-hydroxylation sites is 1. The molecule has 2 aromatic heterocycles. The van der Waals surface area contributed by atoms with Crippen molar-refractivity contribution in [3.05, 3.63) is 76.4 Å². The van der Waals surface area contributed by atoms with Gasteiger partial charge in [0.2, 0.25) is 0 Å². The normalized spacial score (nSPS) is 10.9. The fourth-order valence-corrected chi connectivity index (χ4v) is 3.31. The minimum absolute atomic E-state index is 0.525. The Morgan fingerprint density at radius 1 is 1.07 bits per heavy atom. The van der Waals surface area contributed by atoms with Crippen LogP contribution in [-0.4, -0.2) is 27.7 Å². The number of aromatic nitrogens is 3. The summed E-state index contributed by atoms with van der Waals surface area (Å²) in [6, 6.07) is 19.3. The molecule has 0 fully saturated rings. The Balaban J connectivity index is 1.59. The van der Waals surface area contributed by atoms with E-state index in [-0.39, 0.29) is 0 Å². The molecule has 2 heterocycles. The Morgan fingerprint density at radius 3 is 2.67 bits per heavy atom.